The van der Waals surface area contributed by atoms with Crippen LogP contribution in [0.2, 0.25) is 0 Å². The summed E-state index contributed by atoms with van der Waals surface area (Å²) in [7, 11) is 0. The van der Waals surface area contributed by atoms with Crippen molar-refractivity contribution in [1.82, 2.24) is 5.32 Å². The summed E-state index contributed by atoms with van der Waals surface area (Å²) >= 11 is 0. The number of amides is 1. The van der Waals surface area contributed by atoms with Gasteiger partial charge in [0.25, 0.3) is 0 Å². The van der Waals surface area contributed by atoms with Crippen molar-refractivity contribution < 1.29 is 24.5 Å². The molecule has 0 bridgehead atoms. The fourth-order valence-corrected chi connectivity index (χ4v) is 9.23. The van der Waals surface area contributed by atoms with E-state index in [2.05, 4.69) is 19.2 Å². The molecule has 0 saturated carbocycles. The number of carbonyl (C=O) groups is 2. The van der Waals surface area contributed by atoms with Crippen molar-refractivity contribution >= 4 is 11.9 Å². The molecule has 1 amide bonds. The van der Waals surface area contributed by atoms with Gasteiger partial charge in [0.15, 0.2) is 0 Å². The molecular formula is C57H113NO5. The molecule has 0 fully saturated rings. The number of esters is 1. The SMILES string of the molecule is CCCCCCCCCCCCCCCC(=O)OCCCCCCCCCCCCCCCCCCCCCCCCCC(=O)NC(CO)C(O)CCCCCCCCCCCC. The minimum Gasteiger partial charge on any atom is -0.466 e. The summed E-state index contributed by atoms with van der Waals surface area (Å²) in [5, 5.41) is 23.1. The van der Waals surface area contributed by atoms with Gasteiger partial charge >= 0.3 is 5.97 Å². The number of hydrogen-bond donors (Lipinski definition) is 3. The topological polar surface area (TPSA) is 95.9 Å². The van der Waals surface area contributed by atoms with Crippen LogP contribution in [0.4, 0.5) is 0 Å². The van der Waals surface area contributed by atoms with E-state index in [0.717, 1.165) is 38.5 Å². The zero-order valence-electron chi connectivity index (χ0n) is 42.8. The lowest BCUT2D eigenvalue weighted by atomic mass is 10.0. The van der Waals surface area contributed by atoms with E-state index >= 15 is 0 Å². The van der Waals surface area contributed by atoms with Crippen LogP contribution >= 0.6 is 0 Å². The molecule has 0 saturated heterocycles. The third kappa shape index (κ3) is 50.1. The van der Waals surface area contributed by atoms with Gasteiger partial charge in [-0.1, -0.05) is 290 Å². The number of aliphatic hydroxyl groups is 2. The molecule has 3 N–H and O–H groups in total. The van der Waals surface area contributed by atoms with Crippen LogP contribution < -0.4 is 5.32 Å². The Morgan fingerprint density at radius 3 is 0.968 bits per heavy atom. The molecule has 0 heterocycles. The van der Waals surface area contributed by atoms with Gasteiger partial charge in [0.1, 0.15) is 0 Å². The van der Waals surface area contributed by atoms with Crippen LogP contribution in [0, 0.1) is 0 Å². The van der Waals surface area contributed by atoms with Crippen molar-refractivity contribution in [3.8, 4) is 0 Å². The Balaban J connectivity index is 3.33. The lowest BCUT2D eigenvalue weighted by molar-refractivity contribution is -0.143. The average Bonchev–Trinajstić information content (AvgIpc) is 3.28. The molecule has 0 spiro atoms. The van der Waals surface area contributed by atoms with E-state index in [1.165, 1.54) is 257 Å². The molecular weight excluding hydrogens is 779 g/mol. The minimum atomic E-state index is -0.660. The summed E-state index contributed by atoms with van der Waals surface area (Å²) in [6.07, 6.45) is 61.0. The molecule has 0 aliphatic rings. The first-order chi connectivity index (χ1) is 31.0. The van der Waals surface area contributed by atoms with Crippen LogP contribution in [0.5, 0.6) is 0 Å². The number of carbonyl (C=O) groups excluding carboxylic acids is 2. The van der Waals surface area contributed by atoms with Crippen LogP contribution in [0.3, 0.4) is 0 Å². The third-order valence-electron chi connectivity index (χ3n) is 13.7. The first kappa shape index (κ1) is 61.9. The van der Waals surface area contributed by atoms with Crippen molar-refractivity contribution in [2.45, 2.75) is 341 Å². The van der Waals surface area contributed by atoms with E-state index in [1.54, 1.807) is 0 Å². The molecule has 0 rings (SSSR count). The molecule has 2 atom stereocenters. The van der Waals surface area contributed by atoms with Crippen LogP contribution in [0.25, 0.3) is 0 Å². The van der Waals surface area contributed by atoms with Crippen LogP contribution in [-0.2, 0) is 14.3 Å². The van der Waals surface area contributed by atoms with Crippen molar-refractivity contribution in [2.24, 2.45) is 0 Å². The standard InChI is InChI=1S/C57H113NO5/c1-3-5-7-9-11-13-15-27-31-35-39-43-47-51-57(62)63-52-48-44-40-36-32-29-26-24-22-20-18-16-17-19-21-23-25-28-30-34-38-42-46-50-56(61)58-54(53-59)55(60)49-45-41-37-33-14-12-10-8-6-4-2/h54-55,59-60H,3-53H2,1-2H3,(H,58,61). The monoisotopic (exact) mass is 892 g/mol. The summed E-state index contributed by atoms with van der Waals surface area (Å²) in [6.45, 7) is 4.96. The lowest BCUT2D eigenvalue weighted by Gasteiger charge is -2.22. The second-order valence-electron chi connectivity index (χ2n) is 20.0. The Labute approximate surface area is 394 Å². The maximum atomic E-state index is 12.4. The van der Waals surface area contributed by atoms with Gasteiger partial charge in [-0.3, -0.25) is 9.59 Å². The van der Waals surface area contributed by atoms with Gasteiger partial charge in [0.2, 0.25) is 5.91 Å². The second-order valence-corrected chi connectivity index (χ2v) is 20.0. The largest absolute Gasteiger partial charge is 0.466 e. The molecule has 0 aromatic carbocycles. The van der Waals surface area contributed by atoms with Gasteiger partial charge in [0, 0.05) is 12.8 Å². The Kier molecular flexibility index (Phi) is 52.5. The number of unbranched alkanes of at least 4 members (excludes halogenated alkanes) is 43. The summed E-state index contributed by atoms with van der Waals surface area (Å²) < 4.78 is 5.48. The van der Waals surface area contributed by atoms with Crippen LogP contribution in [-0.4, -0.2) is 47.4 Å². The summed E-state index contributed by atoms with van der Waals surface area (Å²) in [6, 6.07) is -0.537. The van der Waals surface area contributed by atoms with Crippen molar-refractivity contribution in [3.05, 3.63) is 0 Å². The molecule has 63 heavy (non-hydrogen) atoms. The van der Waals surface area contributed by atoms with Gasteiger partial charge in [-0.2, -0.15) is 0 Å². The Morgan fingerprint density at radius 1 is 0.381 bits per heavy atom. The van der Waals surface area contributed by atoms with Crippen LogP contribution in [0.1, 0.15) is 328 Å². The molecule has 376 valence electrons. The molecule has 0 radical (unpaired) electrons. The van der Waals surface area contributed by atoms with Crippen molar-refractivity contribution in [3.63, 3.8) is 0 Å². The Hall–Kier alpha value is -1.14. The molecule has 6 heteroatoms. The lowest BCUT2D eigenvalue weighted by Crippen LogP contribution is -2.45. The maximum absolute atomic E-state index is 12.4. The third-order valence-corrected chi connectivity index (χ3v) is 13.7. The van der Waals surface area contributed by atoms with E-state index in [0.29, 0.717) is 25.9 Å². The molecule has 2 unspecified atom stereocenters. The van der Waals surface area contributed by atoms with Gasteiger partial charge in [-0.05, 0) is 25.7 Å². The van der Waals surface area contributed by atoms with Crippen molar-refractivity contribution in [1.29, 1.82) is 0 Å². The fraction of sp³-hybridized carbons (Fsp3) is 0.965. The molecule has 0 aromatic heterocycles. The van der Waals surface area contributed by atoms with Crippen molar-refractivity contribution in [2.75, 3.05) is 13.2 Å². The zero-order valence-corrected chi connectivity index (χ0v) is 42.8. The van der Waals surface area contributed by atoms with E-state index in [-0.39, 0.29) is 18.5 Å². The molecule has 6 nitrogen and oxygen atoms in total. The highest BCUT2D eigenvalue weighted by molar-refractivity contribution is 5.76. The first-order valence-corrected chi connectivity index (χ1v) is 28.8. The first-order valence-electron chi connectivity index (χ1n) is 28.8. The van der Waals surface area contributed by atoms with Gasteiger partial charge in [-0.15, -0.1) is 0 Å². The zero-order chi connectivity index (χ0) is 45.8. The smallest absolute Gasteiger partial charge is 0.305 e. The van der Waals surface area contributed by atoms with E-state index in [1.807, 2.05) is 0 Å². The van der Waals surface area contributed by atoms with Gasteiger partial charge in [0.05, 0.1) is 25.4 Å². The molecule has 0 aliphatic heterocycles. The number of rotatable bonds is 54. The molecule has 0 aliphatic carbocycles. The fourth-order valence-electron chi connectivity index (χ4n) is 9.23. The highest BCUT2D eigenvalue weighted by Gasteiger charge is 2.20. The maximum Gasteiger partial charge on any atom is 0.305 e. The predicted octanol–water partition coefficient (Wildman–Crippen LogP) is 17.5. The summed E-state index contributed by atoms with van der Waals surface area (Å²) in [5.41, 5.74) is 0. The van der Waals surface area contributed by atoms with Crippen LogP contribution in [0.15, 0.2) is 0 Å². The van der Waals surface area contributed by atoms with Gasteiger partial charge in [-0.25, -0.2) is 0 Å². The van der Waals surface area contributed by atoms with Gasteiger partial charge < -0.3 is 20.3 Å². The predicted molar refractivity (Wildman–Crippen MR) is 274 cm³/mol. The summed E-state index contributed by atoms with van der Waals surface area (Å²) in [4.78, 5) is 24.4. The number of aliphatic hydroxyl groups excluding tert-OH is 2. The normalized spacial score (nSPS) is 12.5. The minimum absolute atomic E-state index is 0.0165. The Bertz CT molecular complexity index is 898. The quantitative estimate of drug-likeness (QED) is 0.0418. The summed E-state index contributed by atoms with van der Waals surface area (Å²) in [5.74, 6) is -0.0180. The molecule has 0 aromatic rings. The van der Waals surface area contributed by atoms with E-state index in [9.17, 15) is 19.8 Å². The number of nitrogens with one attached hydrogen (secondary N) is 1. The second kappa shape index (κ2) is 53.5. The highest BCUT2D eigenvalue weighted by Crippen LogP contribution is 2.18. The number of hydrogen-bond acceptors (Lipinski definition) is 5. The number of ether oxygens (including phenoxy) is 1. The Morgan fingerprint density at radius 2 is 0.651 bits per heavy atom. The van der Waals surface area contributed by atoms with E-state index in [4.69, 9.17) is 4.74 Å². The average molecular weight is 893 g/mol. The highest BCUT2D eigenvalue weighted by atomic mass is 16.5. The van der Waals surface area contributed by atoms with E-state index < -0.39 is 12.1 Å².